The molecule has 0 radical (unpaired) electrons. The van der Waals surface area contributed by atoms with Gasteiger partial charge in [0.25, 0.3) is 0 Å². The second-order valence-electron chi connectivity index (χ2n) is 6.84. The summed E-state index contributed by atoms with van der Waals surface area (Å²) >= 11 is 0. The Kier molecular flexibility index (Phi) is 5.53. The molecule has 1 fully saturated rings. The summed E-state index contributed by atoms with van der Waals surface area (Å²) in [7, 11) is 1.94. The minimum Gasteiger partial charge on any atom is -0.361 e. The number of aryl methyl sites for hydroxylation is 3. The third-order valence-corrected chi connectivity index (χ3v) is 4.88. The fourth-order valence-electron chi connectivity index (χ4n) is 3.44. The first-order valence-corrected chi connectivity index (χ1v) is 8.92. The van der Waals surface area contributed by atoms with Gasteiger partial charge in [-0.25, -0.2) is 0 Å². The summed E-state index contributed by atoms with van der Waals surface area (Å²) in [5.41, 5.74) is 3.19. The molecule has 0 bridgehead atoms. The second kappa shape index (κ2) is 7.82. The maximum Gasteiger partial charge on any atom is 0.222 e. The highest BCUT2D eigenvalue weighted by Crippen LogP contribution is 2.16. The van der Waals surface area contributed by atoms with Crippen molar-refractivity contribution < 1.29 is 9.32 Å². The van der Waals surface area contributed by atoms with E-state index in [2.05, 4.69) is 21.4 Å². The molecule has 2 aromatic heterocycles. The molecule has 0 unspecified atom stereocenters. The number of hydrogen-bond donors (Lipinski definition) is 0. The van der Waals surface area contributed by atoms with E-state index < -0.39 is 0 Å². The third kappa shape index (κ3) is 4.48. The van der Waals surface area contributed by atoms with E-state index in [1.807, 2.05) is 36.7 Å². The second-order valence-corrected chi connectivity index (χ2v) is 6.84. The lowest BCUT2D eigenvalue weighted by Gasteiger charge is -2.21. The molecule has 2 aromatic rings. The molecule has 0 atom stereocenters. The maximum atomic E-state index is 12.6. The quantitative estimate of drug-likeness (QED) is 0.825. The van der Waals surface area contributed by atoms with E-state index in [1.54, 1.807) is 0 Å². The smallest absolute Gasteiger partial charge is 0.222 e. The fourth-order valence-corrected chi connectivity index (χ4v) is 3.44. The van der Waals surface area contributed by atoms with Crippen molar-refractivity contribution in [2.45, 2.75) is 39.7 Å². The minimum atomic E-state index is 0.225. The van der Waals surface area contributed by atoms with Gasteiger partial charge in [-0.05, 0) is 26.7 Å². The van der Waals surface area contributed by atoms with Crippen molar-refractivity contribution in [2.24, 2.45) is 7.05 Å². The lowest BCUT2D eigenvalue weighted by atomic mass is 10.1. The summed E-state index contributed by atoms with van der Waals surface area (Å²) in [5.74, 6) is 1.05. The molecule has 3 rings (SSSR count). The Morgan fingerprint density at radius 1 is 1.24 bits per heavy atom. The molecule has 0 N–H and O–H groups in total. The fraction of sp³-hybridized carbons (Fsp3) is 0.611. The topological polar surface area (TPSA) is 67.4 Å². The van der Waals surface area contributed by atoms with Gasteiger partial charge in [-0.15, -0.1) is 0 Å². The number of rotatable bonds is 5. The van der Waals surface area contributed by atoms with Gasteiger partial charge in [0.2, 0.25) is 5.91 Å². The first-order valence-electron chi connectivity index (χ1n) is 8.92. The predicted octanol–water partition coefficient (Wildman–Crippen LogP) is 1.69. The number of hydrogen-bond acceptors (Lipinski definition) is 5. The molecule has 3 heterocycles. The van der Waals surface area contributed by atoms with Gasteiger partial charge in [0.15, 0.2) is 0 Å². The van der Waals surface area contributed by atoms with E-state index in [0.717, 1.165) is 56.2 Å². The zero-order valence-corrected chi connectivity index (χ0v) is 15.4. The van der Waals surface area contributed by atoms with Crippen LogP contribution in [0.4, 0.5) is 0 Å². The molecular weight excluding hydrogens is 318 g/mol. The summed E-state index contributed by atoms with van der Waals surface area (Å²) < 4.78 is 7.01. The molecule has 0 aromatic carbocycles. The molecule has 0 saturated carbocycles. The largest absolute Gasteiger partial charge is 0.361 e. The van der Waals surface area contributed by atoms with E-state index in [4.69, 9.17) is 4.52 Å². The van der Waals surface area contributed by atoms with Crippen LogP contribution in [-0.4, -0.2) is 56.8 Å². The summed E-state index contributed by atoms with van der Waals surface area (Å²) in [6.07, 6.45) is 6.20. The molecule has 7 heteroatoms. The van der Waals surface area contributed by atoms with Crippen molar-refractivity contribution in [2.75, 3.05) is 26.2 Å². The summed E-state index contributed by atoms with van der Waals surface area (Å²) in [6.45, 7) is 8.29. The molecule has 1 amide bonds. The first kappa shape index (κ1) is 17.7. The zero-order valence-electron chi connectivity index (χ0n) is 15.4. The molecule has 0 aliphatic carbocycles. The minimum absolute atomic E-state index is 0.225. The Hall–Kier alpha value is -2.15. The Labute approximate surface area is 148 Å². The average Bonchev–Trinajstić information content (AvgIpc) is 3.03. The molecule has 1 aliphatic rings. The average molecular weight is 345 g/mol. The Bertz CT molecular complexity index is 701. The van der Waals surface area contributed by atoms with Crippen LogP contribution in [0.5, 0.6) is 0 Å². The first-order chi connectivity index (χ1) is 12.0. The lowest BCUT2D eigenvalue weighted by molar-refractivity contribution is -0.131. The Morgan fingerprint density at radius 3 is 2.76 bits per heavy atom. The van der Waals surface area contributed by atoms with Gasteiger partial charge >= 0.3 is 0 Å². The molecule has 1 saturated heterocycles. The number of carbonyl (C=O) groups excluding carboxylic acids is 1. The predicted molar refractivity (Wildman–Crippen MR) is 94.0 cm³/mol. The lowest BCUT2D eigenvalue weighted by Crippen LogP contribution is -2.35. The van der Waals surface area contributed by atoms with Gasteiger partial charge in [-0.3, -0.25) is 14.4 Å². The molecule has 1 aliphatic heterocycles. The van der Waals surface area contributed by atoms with Crippen LogP contribution < -0.4 is 0 Å². The standard InChI is InChI=1S/C18H27N5O2/c1-14-17(15(2)25-20-14)5-6-18(24)23-8-4-7-22(9-10-23)13-16-11-19-21(3)12-16/h11-12H,4-10,13H2,1-3H3. The van der Waals surface area contributed by atoms with Crippen LogP contribution in [-0.2, 0) is 24.8 Å². The highest BCUT2D eigenvalue weighted by molar-refractivity contribution is 5.76. The number of aromatic nitrogens is 3. The van der Waals surface area contributed by atoms with Gasteiger partial charge < -0.3 is 9.42 Å². The van der Waals surface area contributed by atoms with Crippen molar-refractivity contribution in [3.63, 3.8) is 0 Å². The van der Waals surface area contributed by atoms with Crippen LogP contribution in [0.2, 0.25) is 0 Å². The normalized spacial score (nSPS) is 16.2. The molecule has 25 heavy (non-hydrogen) atoms. The van der Waals surface area contributed by atoms with Gasteiger partial charge in [0.1, 0.15) is 5.76 Å². The molecule has 7 nitrogen and oxygen atoms in total. The van der Waals surface area contributed by atoms with Crippen molar-refractivity contribution >= 4 is 5.91 Å². The van der Waals surface area contributed by atoms with Crippen LogP contribution in [0.25, 0.3) is 0 Å². The summed E-state index contributed by atoms with van der Waals surface area (Å²) in [4.78, 5) is 17.0. The highest BCUT2D eigenvalue weighted by Gasteiger charge is 2.20. The maximum absolute atomic E-state index is 12.6. The summed E-state index contributed by atoms with van der Waals surface area (Å²) in [5, 5.41) is 8.18. The van der Waals surface area contributed by atoms with Gasteiger partial charge in [0, 0.05) is 63.5 Å². The monoisotopic (exact) mass is 345 g/mol. The van der Waals surface area contributed by atoms with Crippen molar-refractivity contribution in [3.8, 4) is 0 Å². The van der Waals surface area contributed by atoms with Crippen molar-refractivity contribution in [1.82, 2.24) is 24.7 Å². The number of amides is 1. The van der Waals surface area contributed by atoms with Crippen LogP contribution in [0.1, 0.15) is 35.4 Å². The van der Waals surface area contributed by atoms with E-state index in [-0.39, 0.29) is 5.91 Å². The summed E-state index contributed by atoms with van der Waals surface area (Å²) in [6, 6.07) is 0. The molecule has 136 valence electrons. The van der Waals surface area contributed by atoms with Crippen molar-refractivity contribution in [3.05, 3.63) is 35.0 Å². The van der Waals surface area contributed by atoms with E-state index in [0.29, 0.717) is 12.8 Å². The van der Waals surface area contributed by atoms with E-state index in [1.165, 1.54) is 5.56 Å². The van der Waals surface area contributed by atoms with Gasteiger partial charge in [-0.1, -0.05) is 5.16 Å². The van der Waals surface area contributed by atoms with E-state index >= 15 is 0 Å². The van der Waals surface area contributed by atoms with Crippen molar-refractivity contribution in [1.29, 1.82) is 0 Å². The number of nitrogens with zero attached hydrogens (tertiary/aromatic N) is 5. The molecule has 0 spiro atoms. The van der Waals surface area contributed by atoms with Gasteiger partial charge in [0.05, 0.1) is 11.9 Å². The van der Waals surface area contributed by atoms with Crippen LogP contribution in [0.3, 0.4) is 0 Å². The highest BCUT2D eigenvalue weighted by atomic mass is 16.5. The SMILES string of the molecule is Cc1noc(C)c1CCC(=O)N1CCCN(Cc2cnn(C)c2)CC1. The van der Waals surface area contributed by atoms with Gasteiger partial charge in [-0.2, -0.15) is 5.10 Å². The number of carbonyl (C=O) groups is 1. The van der Waals surface area contributed by atoms with Crippen LogP contribution in [0, 0.1) is 13.8 Å². The zero-order chi connectivity index (χ0) is 17.8. The van der Waals surface area contributed by atoms with Crippen LogP contribution >= 0.6 is 0 Å². The molecular formula is C18H27N5O2. The Morgan fingerprint density at radius 2 is 2.08 bits per heavy atom. The van der Waals surface area contributed by atoms with E-state index in [9.17, 15) is 4.79 Å². The Balaban J connectivity index is 1.49. The third-order valence-electron chi connectivity index (χ3n) is 4.88. The van der Waals surface area contributed by atoms with Crippen LogP contribution in [0.15, 0.2) is 16.9 Å².